The van der Waals surface area contributed by atoms with E-state index in [1.807, 2.05) is 24.3 Å². The second kappa shape index (κ2) is 6.80. The molecule has 2 N–H and O–H groups in total. The third-order valence-corrected chi connectivity index (χ3v) is 3.43. The zero-order chi connectivity index (χ0) is 13.7. The molecule has 1 aliphatic carbocycles. The summed E-state index contributed by atoms with van der Waals surface area (Å²) in [7, 11) is 0. The number of anilines is 1. The van der Waals surface area contributed by atoms with Crippen molar-refractivity contribution in [2.75, 3.05) is 25.4 Å². The topological polar surface area (TPSA) is 38.5 Å². The molecule has 0 radical (unpaired) electrons. The van der Waals surface area contributed by atoms with Crippen molar-refractivity contribution in [3.63, 3.8) is 0 Å². The summed E-state index contributed by atoms with van der Waals surface area (Å²) in [4.78, 5) is 2.61. The van der Waals surface area contributed by atoms with E-state index in [0.717, 1.165) is 43.0 Å². The van der Waals surface area contributed by atoms with Crippen molar-refractivity contribution in [2.24, 2.45) is 5.92 Å². The van der Waals surface area contributed by atoms with Crippen LogP contribution in [0.25, 0.3) is 0 Å². The van der Waals surface area contributed by atoms with Crippen LogP contribution < -0.4 is 10.5 Å². The number of para-hydroxylation sites is 2. The minimum atomic E-state index is 0.726. The van der Waals surface area contributed by atoms with Gasteiger partial charge >= 0.3 is 0 Å². The number of benzene rings is 1. The summed E-state index contributed by atoms with van der Waals surface area (Å²) in [6.45, 7) is 7.66. The zero-order valence-electron chi connectivity index (χ0n) is 12.1. The molecule has 0 spiro atoms. The highest BCUT2D eigenvalue weighted by Gasteiger charge is 2.28. The highest BCUT2D eigenvalue weighted by atomic mass is 16.5. The van der Waals surface area contributed by atoms with Gasteiger partial charge in [-0.15, -0.1) is 0 Å². The lowest BCUT2D eigenvalue weighted by Crippen LogP contribution is -2.31. The Hall–Kier alpha value is -1.22. The van der Waals surface area contributed by atoms with Gasteiger partial charge in [0.1, 0.15) is 5.75 Å². The Balaban J connectivity index is 1.69. The molecule has 1 aromatic rings. The second-order valence-electron chi connectivity index (χ2n) is 5.86. The van der Waals surface area contributed by atoms with E-state index >= 15 is 0 Å². The van der Waals surface area contributed by atoms with Gasteiger partial charge in [0.2, 0.25) is 0 Å². The van der Waals surface area contributed by atoms with Gasteiger partial charge in [-0.3, -0.25) is 0 Å². The lowest BCUT2D eigenvalue weighted by Gasteiger charge is -2.24. The van der Waals surface area contributed by atoms with Gasteiger partial charge in [0.25, 0.3) is 0 Å². The molecule has 1 aromatic carbocycles. The molecule has 19 heavy (non-hydrogen) atoms. The first-order chi connectivity index (χ1) is 9.16. The van der Waals surface area contributed by atoms with Crippen LogP contribution in [-0.2, 0) is 0 Å². The average Bonchev–Trinajstić information content (AvgIpc) is 3.19. The molecule has 0 atom stereocenters. The van der Waals surface area contributed by atoms with E-state index in [2.05, 4.69) is 18.7 Å². The SMILES string of the molecule is CC(C)CN(CCCOc1ccccc1N)C1CC1. The van der Waals surface area contributed by atoms with E-state index in [4.69, 9.17) is 10.5 Å². The predicted molar refractivity (Wildman–Crippen MR) is 80.4 cm³/mol. The van der Waals surface area contributed by atoms with Gasteiger partial charge in [-0.25, -0.2) is 0 Å². The first-order valence-electron chi connectivity index (χ1n) is 7.38. The molecule has 0 bridgehead atoms. The Kier molecular flexibility index (Phi) is 5.08. The summed E-state index contributed by atoms with van der Waals surface area (Å²) in [5.41, 5.74) is 6.58. The fourth-order valence-electron chi connectivity index (χ4n) is 2.39. The number of rotatable bonds is 8. The molecule has 1 fully saturated rings. The van der Waals surface area contributed by atoms with Crippen molar-refractivity contribution in [1.29, 1.82) is 0 Å². The normalized spacial score (nSPS) is 15.2. The van der Waals surface area contributed by atoms with Crippen LogP contribution in [0, 0.1) is 5.92 Å². The van der Waals surface area contributed by atoms with Gasteiger partial charge in [-0.2, -0.15) is 0 Å². The number of nitrogens with zero attached hydrogens (tertiary/aromatic N) is 1. The Morgan fingerprint density at radius 3 is 2.68 bits per heavy atom. The minimum absolute atomic E-state index is 0.726. The van der Waals surface area contributed by atoms with Gasteiger partial charge in [-0.1, -0.05) is 26.0 Å². The Bertz CT molecular complexity index is 388. The van der Waals surface area contributed by atoms with Gasteiger partial charge in [0.15, 0.2) is 0 Å². The van der Waals surface area contributed by atoms with Crippen molar-refractivity contribution in [1.82, 2.24) is 4.90 Å². The third kappa shape index (κ3) is 4.75. The number of nitrogens with two attached hydrogens (primary N) is 1. The van der Waals surface area contributed by atoms with Gasteiger partial charge in [-0.05, 0) is 37.3 Å². The minimum Gasteiger partial charge on any atom is -0.491 e. The fraction of sp³-hybridized carbons (Fsp3) is 0.625. The highest BCUT2D eigenvalue weighted by molar-refractivity contribution is 5.51. The number of hydrogen-bond acceptors (Lipinski definition) is 3. The van der Waals surface area contributed by atoms with E-state index in [1.165, 1.54) is 19.4 Å². The van der Waals surface area contributed by atoms with E-state index < -0.39 is 0 Å². The van der Waals surface area contributed by atoms with Gasteiger partial charge in [0, 0.05) is 19.1 Å². The van der Waals surface area contributed by atoms with Crippen LogP contribution in [0.3, 0.4) is 0 Å². The maximum Gasteiger partial charge on any atom is 0.142 e. The summed E-state index contributed by atoms with van der Waals surface area (Å²) in [5, 5.41) is 0. The smallest absolute Gasteiger partial charge is 0.142 e. The largest absolute Gasteiger partial charge is 0.491 e. The molecule has 0 amide bonds. The summed E-state index contributed by atoms with van der Waals surface area (Å²) in [6, 6.07) is 8.54. The van der Waals surface area contributed by atoms with Crippen LogP contribution in [-0.4, -0.2) is 30.6 Å². The lowest BCUT2D eigenvalue weighted by atomic mass is 10.2. The van der Waals surface area contributed by atoms with E-state index in [9.17, 15) is 0 Å². The maximum atomic E-state index is 5.85. The van der Waals surface area contributed by atoms with E-state index in [0.29, 0.717) is 0 Å². The number of hydrogen-bond donors (Lipinski definition) is 1. The Labute approximate surface area is 116 Å². The molecule has 106 valence electrons. The molecule has 0 aromatic heterocycles. The van der Waals surface area contributed by atoms with Crippen molar-refractivity contribution < 1.29 is 4.74 Å². The lowest BCUT2D eigenvalue weighted by molar-refractivity contribution is 0.208. The molecule has 0 heterocycles. The molecule has 0 saturated heterocycles. The van der Waals surface area contributed by atoms with Crippen LogP contribution in [0.1, 0.15) is 33.1 Å². The van der Waals surface area contributed by atoms with Crippen LogP contribution >= 0.6 is 0 Å². The molecule has 0 aliphatic heterocycles. The van der Waals surface area contributed by atoms with Crippen LogP contribution in [0.2, 0.25) is 0 Å². The van der Waals surface area contributed by atoms with Gasteiger partial charge < -0.3 is 15.4 Å². The van der Waals surface area contributed by atoms with Crippen LogP contribution in [0.4, 0.5) is 5.69 Å². The first-order valence-corrected chi connectivity index (χ1v) is 7.38. The highest BCUT2D eigenvalue weighted by Crippen LogP contribution is 2.27. The zero-order valence-corrected chi connectivity index (χ0v) is 12.1. The number of nitrogen functional groups attached to an aromatic ring is 1. The summed E-state index contributed by atoms with van der Waals surface area (Å²) >= 11 is 0. The Morgan fingerprint density at radius 1 is 1.32 bits per heavy atom. The summed E-state index contributed by atoms with van der Waals surface area (Å²) in [5.74, 6) is 1.55. The molecule has 3 heteroatoms. The maximum absolute atomic E-state index is 5.85. The molecule has 2 rings (SSSR count). The first kappa shape index (κ1) is 14.2. The molecule has 3 nitrogen and oxygen atoms in total. The Morgan fingerprint density at radius 2 is 2.05 bits per heavy atom. The van der Waals surface area contributed by atoms with E-state index in [1.54, 1.807) is 0 Å². The summed E-state index contributed by atoms with van der Waals surface area (Å²) < 4.78 is 5.74. The molecular weight excluding hydrogens is 236 g/mol. The van der Waals surface area contributed by atoms with Crippen molar-refractivity contribution in [2.45, 2.75) is 39.2 Å². The van der Waals surface area contributed by atoms with Crippen molar-refractivity contribution in [3.05, 3.63) is 24.3 Å². The molecular formula is C16H26N2O. The van der Waals surface area contributed by atoms with E-state index in [-0.39, 0.29) is 0 Å². The number of ether oxygens (including phenoxy) is 1. The van der Waals surface area contributed by atoms with Gasteiger partial charge in [0.05, 0.1) is 12.3 Å². The summed E-state index contributed by atoms with van der Waals surface area (Å²) in [6.07, 6.45) is 3.82. The van der Waals surface area contributed by atoms with Crippen molar-refractivity contribution in [3.8, 4) is 5.75 Å². The van der Waals surface area contributed by atoms with Crippen LogP contribution in [0.5, 0.6) is 5.75 Å². The quantitative estimate of drug-likeness (QED) is 0.578. The average molecular weight is 262 g/mol. The third-order valence-electron chi connectivity index (χ3n) is 3.43. The van der Waals surface area contributed by atoms with Crippen LogP contribution in [0.15, 0.2) is 24.3 Å². The second-order valence-corrected chi connectivity index (χ2v) is 5.86. The fourth-order valence-corrected chi connectivity index (χ4v) is 2.39. The van der Waals surface area contributed by atoms with Crippen molar-refractivity contribution >= 4 is 5.69 Å². The molecule has 0 unspecified atom stereocenters. The standard InChI is InChI=1S/C16H26N2O/c1-13(2)12-18(14-8-9-14)10-5-11-19-16-7-4-3-6-15(16)17/h3-4,6-7,13-14H,5,8-12,17H2,1-2H3. The predicted octanol–water partition coefficient (Wildman–Crippen LogP) is 3.16. The monoisotopic (exact) mass is 262 g/mol. The molecule has 1 saturated carbocycles. The molecule has 1 aliphatic rings.